The molecule has 0 unspecified atom stereocenters. The van der Waals surface area contributed by atoms with Crippen molar-refractivity contribution in [1.82, 2.24) is 4.57 Å². The Kier molecular flexibility index (Phi) is 3.36. The number of benzene rings is 2. The van der Waals surface area contributed by atoms with Crippen LogP contribution in [0.2, 0.25) is 10.0 Å². The Bertz CT molecular complexity index is 772. The van der Waals surface area contributed by atoms with Crippen molar-refractivity contribution in [2.45, 2.75) is 13.5 Å². The van der Waals surface area contributed by atoms with E-state index in [4.69, 9.17) is 23.2 Å². The SMILES string of the molecule is Cc1cc2c(O)cccc2n1Cc1c(Cl)cccc1Cl. The molecule has 1 aromatic heterocycles. The lowest BCUT2D eigenvalue weighted by Crippen LogP contribution is -2.02. The number of phenolic OH excluding ortho intramolecular Hbond substituents is 1. The van der Waals surface area contributed by atoms with Gasteiger partial charge in [0.1, 0.15) is 5.75 Å². The first-order valence-corrected chi connectivity index (χ1v) is 7.04. The summed E-state index contributed by atoms with van der Waals surface area (Å²) in [6.07, 6.45) is 0. The zero-order valence-corrected chi connectivity index (χ0v) is 12.4. The zero-order chi connectivity index (χ0) is 14.3. The van der Waals surface area contributed by atoms with Crippen molar-refractivity contribution in [3.05, 3.63) is 63.8 Å². The number of phenols is 1. The highest BCUT2D eigenvalue weighted by Crippen LogP contribution is 2.31. The van der Waals surface area contributed by atoms with Gasteiger partial charge in [0.2, 0.25) is 0 Å². The highest BCUT2D eigenvalue weighted by molar-refractivity contribution is 6.36. The van der Waals surface area contributed by atoms with Crippen molar-refractivity contribution in [2.24, 2.45) is 0 Å². The first kappa shape index (κ1) is 13.3. The lowest BCUT2D eigenvalue weighted by molar-refractivity contribution is 0.481. The molecule has 0 aliphatic carbocycles. The second-order valence-corrected chi connectivity index (χ2v) is 5.60. The number of aromatic hydroxyl groups is 1. The van der Waals surface area contributed by atoms with Gasteiger partial charge in [-0.05, 0) is 37.3 Å². The standard InChI is InChI=1S/C16H13Cl2NO/c1-10-8-11-15(6-3-7-16(11)20)19(10)9-12-13(17)4-2-5-14(12)18/h2-8,20H,9H2,1H3. The van der Waals surface area contributed by atoms with Crippen LogP contribution in [-0.2, 0) is 6.54 Å². The third-order valence-corrected chi connectivity index (χ3v) is 4.22. The number of nitrogens with zero attached hydrogens (tertiary/aromatic N) is 1. The number of rotatable bonds is 2. The average molecular weight is 306 g/mol. The molecule has 0 atom stereocenters. The molecular formula is C16H13Cl2NO. The highest BCUT2D eigenvalue weighted by atomic mass is 35.5. The molecule has 0 bridgehead atoms. The van der Waals surface area contributed by atoms with Crippen LogP contribution in [0.5, 0.6) is 5.75 Å². The smallest absolute Gasteiger partial charge is 0.124 e. The van der Waals surface area contributed by atoms with Gasteiger partial charge in [-0.3, -0.25) is 0 Å². The minimum atomic E-state index is 0.287. The summed E-state index contributed by atoms with van der Waals surface area (Å²) in [5, 5.41) is 12.1. The van der Waals surface area contributed by atoms with E-state index < -0.39 is 0 Å². The van der Waals surface area contributed by atoms with Crippen molar-refractivity contribution in [3.63, 3.8) is 0 Å². The molecule has 1 heterocycles. The van der Waals surface area contributed by atoms with E-state index in [0.717, 1.165) is 22.2 Å². The third-order valence-electron chi connectivity index (χ3n) is 3.51. The maximum atomic E-state index is 9.92. The molecule has 2 nitrogen and oxygen atoms in total. The van der Waals surface area contributed by atoms with Crippen LogP contribution in [0.4, 0.5) is 0 Å². The second-order valence-electron chi connectivity index (χ2n) is 4.78. The number of halogens is 2. The zero-order valence-electron chi connectivity index (χ0n) is 10.9. The van der Waals surface area contributed by atoms with Gasteiger partial charge in [-0.15, -0.1) is 0 Å². The normalized spacial score (nSPS) is 11.2. The predicted octanol–water partition coefficient (Wildman–Crippen LogP) is 5.01. The fourth-order valence-corrected chi connectivity index (χ4v) is 2.97. The molecular weight excluding hydrogens is 293 g/mol. The first-order valence-electron chi connectivity index (χ1n) is 6.28. The van der Waals surface area contributed by atoms with Crippen molar-refractivity contribution in [2.75, 3.05) is 0 Å². The number of aryl methyl sites for hydroxylation is 1. The maximum absolute atomic E-state index is 9.92. The molecule has 0 fully saturated rings. The number of hydrogen-bond acceptors (Lipinski definition) is 1. The molecule has 3 aromatic rings. The van der Waals surface area contributed by atoms with Crippen LogP contribution in [-0.4, -0.2) is 9.67 Å². The van der Waals surface area contributed by atoms with E-state index in [1.807, 2.05) is 43.3 Å². The van der Waals surface area contributed by atoms with Crippen molar-refractivity contribution in [3.8, 4) is 5.75 Å². The largest absolute Gasteiger partial charge is 0.507 e. The van der Waals surface area contributed by atoms with Gasteiger partial charge in [-0.2, -0.15) is 0 Å². The summed E-state index contributed by atoms with van der Waals surface area (Å²) in [5.74, 6) is 0.287. The van der Waals surface area contributed by atoms with Crippen LogP contribution < -0.4 is 0 Å². The molecule has 0 saturated carbocycles. The quantitative estimate of drug-likeness (QED) is 0.707. The summed E-state index contributed by atoms with van der Waals surface area (Å²) in [6.45, 7) is 2.58. The van der Waals surface area contributed by atoms with E-state index in [9.17, 15) is 5.11 Å². The van der Waals surface area contributed by atoms with Crippen LogP contribution in [0.15, 0.2) is 42.5 Å². The van der Waals surface area contributed by atoms with Crippen LogP contribution >= 0.6 is 23.2 Å². The molecule has 0 spiro atoms. The van der Waals surface area contributed by atoms with E-state index in [-0.39, 0.29) is 5.75 Å². The lowest BCUT2D eigenvalue weighted by Gasteiger charge is -2.11. The summed E-state index contributed by atoms with van der Waals surface area (Å²) < 4.78 is 2.10. The molecule has 2 aromatic carbocycles. The van der Waals surface area contributed by atoms with Crippen molar-refractivity contribution >= 4 is 34.1 Å². The Labute approximate surface area is 127 Å². The van der Waals surface area contributed by atoms with Gasteiger partial charge < -0.3 is 9.67 Å². The molecule has 0 aliphatic rings. The third kappa shape index (κ3) is 2.15. The van der Waals surface area contributed by atoms with Gasteiger partial charge in [-0.25, -0.2) is 0 Å². The van der Waals surface area contributed by atoms with E-state index in [0.29, 0.717) is 16.6 Å². The van der Waals surface area contributed by atoms with Gasteiger partial charge in [0, 0.05) is 26.7 Å². The Morgan fingerprint density at radius 1 is 1.05 bits per heavy atom. The summed E-state index contributed by atoms with van der Waals surface area (Å²) in [5.41, 5.74) is 2.91. The van der Waals surface area contributed by atoms with Gasteiger partial charge in [0.25, 0.3) is 0 Å². The lowest BCUT2D eigenvalue weighted by atomic mass is 10.2. The van der Waals surface area contributed by atoms with Crippen LogP contribution in [0.25, 0.3) is 10.9 Å². The van der Waals surface area contributed by atoms with Gasteiger partial charge in [0.05, 0.1) is 12.1 Å². The van der Waals surface area contributed by atoms with E-state index in [1.54, 1.807) is 6.07 Å². The molecule has 3 rings (SSSR count). The van der Waals surface area contributed by atoms with Crippen LogP contribution in [0.1, 0.15) is 11.3 Å². The Morgan fingerprint density at radius 2 is 1.70 bits per heavy atom. The van der Waals surface area contributed by atoms with E-state index in [2.05, 4.69) is 4.57 Å². The highest BCUT2D eigenvalue weighted by Gasteiger charge is 2.12. The minimum absolute atomic E-state index is 0.287. The number of fused-ring (bicyclic) bond motifs is 1. The van der Waals surface area contributed by atoms with E-state index in [1.165, 1.54) is 0 Å². The molecule has 0 amide bonds. The van der Waals surface area contributed by atoms with E-state index >= 15 is 0 Å². The Morgan fingerprint density at radius 3 is 2.40 bits per heavy atom. The first-order chi connectivity index (χ1) is 9.58. The monoisotopic (exact) mass is 305 g/mol. The van der Waals surface area contributed by atoms with Gasteiger partial charge >= 0.3 is 0 Å². The van der Waals surface area contributed by atoms with Crippen LogP contribution in [0.3, 0.4) is 0 Å². The molecule has 0 saturated heterocycles. The average Bonchev–Trinajstić information content (AvgIpc) is 2.72. The summed E-state index contributed by atoms with van der Waals surface area (Å²) >= 11 is 12.5. The van der Waals surface area contributed by atoms with Crippen LogP contribution in [0, 0.1) is 6.92 Å². The minimum Gasteiger partial charge on any atom is -0.507 e. The number of aromatic nitrogens is 1. The molecule has 0 aliphatic heterocycles. The second kappa shape index (κ2) is 5.04. The van der Waals surface area contributed by atoms with Gasteiger partial charge in [-0.1, -0.05) is 35.3 Å². The van der Waals surface area contributed by atoms with Crippen molar-refractivity contribution < 1.29 is 5.11 Å². The molecule has 102 valence electrons. The predicted molar refractivity (Wildman–Crippen MR) is 83.9 cm³/mol. The Balaban J connectivity index is 2.16. The topological polar surface area (TPSA) is 25.2 Å². The van der Waals surface area contributed by atoms with Crippen molar-refractivity contribution in [1.29, 1.82) is 0 Å². The molecule has 1 N–H and O–H groups in total. The summed E-state index contributed by atoms with van der Waals surface area (Å²) in [6, 6.07) is 13.0. The maximum Gasteiger partial charge on any atom is 0.124 e. The van der Waals surface area contributed by atoms with Gasteiger partial charge in [0.15, 0.2) is 0 Å². The summed E-state index contributed by atoms with van der Waals surface area (Å²) in [4.78, 5) is 0. The molecule has 4 heteroatoms. The summed E-state index contributed by atoms with van der Waals surface area (Å²) in [7, 11) is 0. The molecule has 0 radical (unpaired) electrons. The fourth-order valence-electron chi connectivity index (χ4n) is 2.45. The molecule has 20 heavy (non-hydrogen) atoms. The number of hydrogen-bond donors (Lipinski definition) is 1. The fraction of sp³-hybridized carbons (Fsp3) is 0.125. The Hall–Kier alpha value is -1.64.